The molecule has 0 saturated carbocycles. The third kappa shape index (κ3) is 3.60. The minimum atomic E-state index is -3.66. The Labute approximate surface area is 135 Å². The summed E-state index contributed by atoms with van der Waals surface area (Å²) in [6, 6.07) is 2.78. The van der Waals surface area contributed by atoms with Crippen LogP contribution in [0.1, 0.15) is 32.8 Å². The molecule has 1 atom stereocenters. The van der Waals surface area contributed by atoms with Crippen molar-refractivity contribution >= 4 is 44.8 Å². The number of sulfonamides is 1. The van der Waals surface area contributed by atoms with Gasteiger partial charge in [0.2, 0.25) is 10.0 Å². The van der Waals surface area contributed by atoms with E-state index in [1.54, 1.807) is 6.92 Å². The summed E-state index contributed by atoms with van der Waals surface area (Å²) in [5.41, 5.74) is 0.552. The van der Waals surface area contributed by atoms with Gasteiger partial charge in [-0.05, 0) is 31.0 Å². The maximum Gasteiger partial charge on any atom is 0.244 e. The van der Waals surface area contributed by atoms with E-state index in [4.69, 9.17) is 34.8 Å². The van der Waals surface area contributed by atoms with E-state index < -0.39 is 10.0 Å². The second kappa shape index (κ2) is 7.32. The van der Waals surface area contributed by atoms with Crippen LogP contribution in [0.5, 0.6) is 0 Å². The highest BCUT2D eigenvalue weighted by atomic mass is 35.5. The quantitative estimate of drug-likeness (QED) is 0.700. The van der Waals surface area contributed by atoms with Gasteiger partial charge in [-0.25, -0.2) is 8.42 Å². The summed E-state index contributed by atoms with van der Waals surface area (Å²) in [5, 5.41) is 0.487. The number of benzene rings is 1. The number of hydrogen-bond acceptors (Lipinski definition) is 2. The lowest BCUT2D eigenvalue weighted by atomic mass is 10.2. The first-order valence-corrected chi connectivity index (χ1v) is 9.08. The zero-order valence-electron chi connectivity index (χ0n) is 11.7. The van der Waals surface area contributed by atoms with Gasteiger partial charge in [0.15, 0.2) is 0 Å². The summed E-state index contributed by atoms with van der Waals surface area (Å²) in [7, 11) is -3.66. The summed E-state index contributed by atoms with van der Waals surface area (Å²) in [5.74, 6) is 0.133. The molecule has 0 aromatic heterocycles. The molecular weight excluding hydrogens is 341 g/mol. The van der Waals surface area contributed by atoms with Crippen molar-refractivity contribution in [2.75, 3.05) is 6.54 Å². The second-order valence-corrected chi connectivity index (χ2v) is 7.41. The van der Waals surface area contributed by atoms with Crippen LogP contribution in [-0.4, -0.2) is 25.3 Å². The molecule has 1 aromatic rings. The molecule has 0 amide bonds. The van der Waals surface area contributed by atoms with Gasteiger partial charge in [-0.2, -0.15) is 4.31 Å². The summed E-state index contributed by atoms with van der Waals surface area (Å²) < 4.78 is 26.9. The Kier molecular flexibility index (Phi) is 6.61. The fourth-order valence-electron chi connectivity index (χ4n) is 1.92. The smallest absolute Gasteiger partial charge is 0.207 e. The van der Waals surface area contributed by atoms with E-state index in [1.807, 2.05) is 13.8 Å². The van der Waals surface area contributed by atoms with E-state index in [0.29, 0.717) is 17.1 Å². The van der Waals surface area contributed by atoms with Crippen molar-refractivity contribution in [1.82, 2.24) is 4.31 Å². The van der Waals surface area contributed by atoms with Crippen molar-refractivity contribution in [2.45, 2.75) is 44.0 Å². The van der Waals surface area contributed by atoms with Gasteiger partial charge in [-0.15, -0.1) is 11.6 Å². The number of halogens is 3. The molecule has 1 aromatic carbocycles. The molecule has 20 heavy (non-hydrogen) atoms. The van der Waals surface area contributed by atoms with Gasteiger partial charge in [0.05, 0.1) is 5.02 Å². The predicted molar refractivity (Wildman–Crippen MR) is 85.3 cm³/mol. The summed E-state index contributed by atoms with van der Waals surface area (Å²) >= 11 is 17.8. The van der Waals surface area contributed by atoms with E-state index in [1.165, 1.54) is 16.4 Å². The Morgan fingerprint density at radius 2 is 1.80 bits per heavy atom. The maximum atomic E-state index is 12.7. The first kappa shape index (κ1) is 18.1. The third-order valence-corrected chi connectivity index (χ3v) is 6.42. The largest absolute Gasteiger partial charge is 0.244 e. The third-order valence-electron chi connectivity index (χ3n) is 3.23. The van der Waals surface area contributed by atoms with E-state index in [-0.39, 0.29) is 21.8 Å². The lowest BCUT2D eigenvalue weighted by molar-refractivity contribution is 0.342. The van der Waals surface area contributed by atoms with Crippen molar-refractivity contribution in [2.24, 2.45) is 0 Å². The molecule has 0 fully saturated rings. The van der Waals surface area contributed by atoms with Crippen molar-refractivity contribution < 1.29 is 8.42 Å². The van der Waals surface area contributed by atoms with Gasteiger partial charge < -0.3 is 0 Å². The summed E-state index contributed by atoms with van der Waals surface area (Å²) in [6.45, 7) is 5.99. The average Bonchev–Trinajstić information content (AvgIpc) is 2.38. The fourth-order valence-corrected chi connectivity index (χ4v) is 4.76. The highest BCUT2D eigenvalue weighted by Gasteiger charge is 2.29. The predicted octanol–water partition coefficient (Wildman–Crippen LogP) is 4.54. The molecule has 0 aliphatic rings. The van der Waals surface area contributed by atoms with Gasteiger partial charge in [-0.3, -0.25) is 0 Å². The molecular formula is C13H18Cl3NO2S. The molecule has 0 saturated heterocycles. The molecule has 3 nitrogen and oxygen atoms in total. The number of hydrogen-bond donors (Lipinski definition) is 0. The zero-order chi connectivity index (χ0) is 15.5. The minimum absolute atomic E-state index is 0.0568. The molecule has 114 valence electrons. The number of alkyl halides is 1. The van der Waals surface area contributed by atoms with E-state index in [0.717, 1.165) is 6.42 Å². The van der Waals surface area contributed by atoms with Crippen LogP contribution in [-0.2, 0) is 15.9 Å². The Morgan fingerprint density at radius 3 is 2.25 bits per heavy atom. The molecule has 0 bridgehead atoms. The van der Waals surface area contributed by atoms with Crippen molar-refractivity contribution in [3.05, 3.63) is 27.7 Å². The molecule has 7 heteroatoms. The molecule has 1 unspecified atom stereocenters. The van der Waals surface area contributed by atoms with Crippen LogP contribution >= 0.6 is 34.8 Å². The molecule has 0 N–H and O–H groups in total. The zero-order valence-corrected chi connectivity index (χ0v) is 14.7. The highest BCUT2D eigenvalue weighted by molar-refractivity contribution is 7.89. The van der Waals surface area contributed by atoms with Crippen LogP contribution < -0.4 is 0 Å². The lowest BCUT2D eigenvalue weighted by Gasteiger charge is -2.27. The van der Waals surface area contributed by atoms with E-state index in [9.17, 15) is 8.42 Å². The number of nitrogens with zero attached hydrogens (tertiary/aromatic N) is 1. The standard InChI is InChI=1S/C13H18Cl3NO2S/c1-4-9(3)17(5-2)20(18,19)13-6-10(8-14)11(15)7-12(13)16/h6-7,9H,4-5,8H2,1-3H3. The fraction of sp³-hybridized carbons (Fsp3) is 0.538. The molecule has 0 aliphatic heterocycles. The Balaban J connectivity index is 3.41. The minimum Gasteiger partial charge on any atom is -0.207 e. The van der Waals surface area contributed by atoms with Gasteiger partial charge >= 0.3 is 0 Å². The van der Waals surface area contributed by atoms with Gasteiger partial charge in [-0.1, -0.05) is 37.0 Å². The van der Waals surface area contributed by atoms with E-state index >= 15 is 0 Å². The second-order valence-electron chi connectivity index (χ2n) is 4.47. The van der Waals surface area contributed by atoms with Crippen LogP contribution in [0.15, 0.2) is 17.0 Å². The maximum absolute atomic E-state index is 12.7. The van der Waals surface area contributed by atoms with Gasteiger partial charge in [0.1, 0.15) is 4.90 Å². The van der Waals surface area contributed by atoms with Crippen LogP contribution in [0.3, 0.4) is 0 Å². The molecule has 0 aliphatic carbocycles. The first-order chi connectivity index (χ1) is 9.29. The summed E-state index contributed by atoms with van der Waals surface area (Å²) in [6.07, 6.45) is 0.723. The normalized spacial score (nSPS) is 13.8. The molecule has 1 rings (SSSR count). The van der Waals surface area contributed by atoms with Crippen LogP contribution in [0.25, 0.3) is 0 Å². The van der Waals surface area contributed by atoms with Crippen molar-refractivity contribution in [1.29, 1.82) is 0 Å². The highest BCUT2D eigenvalue weighted by Crippen LogP contribution is 2.32. The van der Waals surface area contributed by atoms with Crippen LogP contribution in [0, 0.1) is 0 Å². The lowest BCUT2D eigenvalue weighted by Crippen LogP contribution is -2.38. The van der Waals surface area contributed by atoms with E-state index in [2.05, 4.69) is 0 Å². The Morgan fingerprint density at radius 1 is 1.20 bits per heavy atom. The molecule has 0 radical (unpaired) electrons. The SMILES string of the molecule is CCC(C)N(CC)S(=O)(=O)c1cc(CCl)c(Cl)cc1Cl. The van der Waals surface area contributed by atoms with Crippen molar-refractivity contribution in [3.63, 3.8) is 0 Å². The number of rotatable bonds is 6. The Bertz CT molecular complexity index is 575. The molecule has 0 spiro atoms. The topological polar surface area (TPSA) is 37.4 Å². The Hall–Kier alpha value is -0.000000000000000111. The van der Waals surface area contributed by atoms with Gasteiger partial charge in [0.25, 0.3) is 0 Å². The van der Waals surface area contributed by atoms with Crippen LogP contribution in [0.4, 0.5) is 0 Å². The average molecular weight is 359 g/mol. The monoisotopic (exact) mass is 357 g/mol. The van der Waals surface area contributed by atoms with Gasteiger partial charge in [0, 0.05) is 23.5 Å². The molecule has 0 heterocycles. The van der Waals surface area contributed by atoms with Crippen molar-refractivity contribution in [3.8, 4) is 0 Å². The summed E-state index contributed by atoms with van der Waals surface area (Å²) in [4.78, 5) is 0.0568. The van der Waals surface area contributed by atoms with Crippen LogP contribution in [0.2, 0.25) is 10.0 Å². The first-order valence-electron chi connectivity index (χ1n) is 6.35.